The van der Waals surface area contributed by atoms with Crippen LogP contribution in [0, 0.1) is 6.92 Å². The number of aromatic nitrogens is 2. The predicted molar refractivity (Wildman–Crippen MR) is 138 cm³/mol. The standard InChI is InChI=1S/C27H28N4O2S/c1-3-30(22-13-9-10-20(2)16-22)26(33)18-31-24-15-8-7-14-23(24)29-27(31)34-19-25(32)28-17-21-11-5-4-6-12-21/h4-16H,3,17-19H2,1-2H3,(H,28,32). The quantitative estimate of drug-likeness (QED) is 0.355. The Labute approximate surface area is 204 Å². The number of amides is 2. The lowest BCUT2D eigenvalue weighted by Crippen LogP contribution is -2.34. The largest absolute Gasteiger partial charge is 0.351 e. The number of benzene rings is 3. The van der Waals surface area contributed by atoms with Crippen LogP contribution >= 0.6 is 11.8 Å². The fourth-order valence-corrected chi connectivity index (χ4v) is 4.66. The molecule has 0 spiro atoms. The van der Waals surface area contributed by atoms with Gasteiger partial charge in [-0.3, -0.25) is 9.59 Å². The van der Waals surface area contributed by atoms with Crippen LogP contribution in [0.25, 0.3) is 11.0 Å². The predicted octanol–water partition coefficient (Wildman–Crippen LogP) is 4.81. The number of rotatable bonds is 9. The van der Waals surface area contributed by atoms with E-state index in [1.54, 1.807) is 4.90 Å². The second-order valence-electron chi connectivity index (χ2n) is 8.00. The number of carbonyl (C=O) groups is 2. The summed E-state index contributed by atoms with van der Waals surface area (Å²) >= 11 is 1.34. The van der Waals surface area contributed by atoms with Gasteiger partial charge >= 0.3 is 0 Å². The summed E-state index contributed by atoms with van der Waals surface area (Å²) in [6.07, 6.45) is 0. The Balaban J connectivity index is 1.49. The molecule has 0 bridgehead atoms. The molecule has 174 valence electrons. The molecule has 0 aliphatic carbocycles. The van der Waals surface area contributed by atoms with E-state index < -0.39 is 0 Å². The van der Waals surface area contributed by atoms with Crippen LogP contribution in [0.5, 0.6) is 0 Å². The van der Waals surface area contributed by atoms with Gasteiger partial charge in [0.25, 0.3) is 0 Å². The van der Waals surface area contributed by atoms with Crippen LogP contribution in [-0.4, -0.2) is 33.7 Å². The minimum Gasteiger partial charge on any atom is -0.351 e. The maximum atomic E-state index is 13.3. The first kappa shape index (κ1) is 23.6. The zero-order chi connectivity index (χ0) is 23.9. The summed E-state index contributed by atoms with van der Waals surface area (Å²) in [5, 5.41) is 3.60. The Morgan fingerprint density at radius 3 is 2.53 bits per heavy atom. The summed E-state index contributed by atoms with van der Waals surface area (Å²) in [4.78, 5) is 32.3. The molecular weight excluding hydrogens is 444 g/mol. The number of fused-ring (bicyclic) bond motifs is 1. The van der Waals surface area contributed by atoms with Gasteiger partial charge in [0.2, 0.25) is 11.8 Å². The molecule has 1 aromatic heterocycles. The molecule has 0 radical (unpaired) electrons. The molecule has 0 fully saturated rings. The minimum atomic E-state index is -0.0752. The lowest BCUT2D eigenvalue weighted by Gasteiger charge is -2.22. The number of nitrogens with zero attached hydrogens (tertiary/aromatic N) is 3. The van der Waals surface area contributed by atoms with Crippen molar-refractivity contribution in [2.24, 2.45) is 0 Å². The Bertz CT molecular complexity index is 1290. The van der Waals surface area contributed by atoms with Crippen LogP contribution in [0.4, 0.5) is 5.69 Å². The van der Waals surface area contributed by atoms with Crippen molar-refractivity contribution in [3.8, 4) is 0 Å². The summed E-state index contributed by atoms with van der Waals surface area (Å²) in [6.45, 7) is 5.19. The van der Waals surface area contributed by atoms with Crippen molar-refractivity contribution >= 4 is 40.3 Å². The van der Waals surface area contributed by atoms with E-state index in [4.69, 9.17) is 4.98 Å². The van der Waals surface area contributed by atoms with Gasteiger partial charge in [-0.05, 0) is 49.2 Å². The van der Waals surface area contributed by atoms with Crippen LogP contribution in [0.2, 0.25) is 0 Å². The van der Waals surface area contributed by atoms with E-state index in [0.717, 1.165) is 27.8 Å². The van der Waals surface area contributed by atoms with E-state index in [0.29, 0.717) is 18.2 Å². The van der Waals surface area contributed by atoms with Crippen molar-refractivity contribution in [1.29, 1.82) is 0 Å². The average Bonchev–Trinajstić information content (AvgIpc) is 3.20. The maximum Gasteiger partial charge on any atom is 0.247 e. The molecule has 1 heterocycles. The maximum absolute atomic E-state index is 13.3. The summed E-state index contributed by atoms with van der Waals surface area (Å²) in [5.41, 5.74) is 4.72. The SMILES string of the molecule is CCN(C(=O)Cn1c(SCC(=O)NCc2ccccc2)nc2ccccc21)c1cccc(C)c1. The van der Waals surface area contributed by atoms with Gasteiger partial charge in [-0.2, -0.15) is 0 Å². The first-order chi connectivity index (χ1) is 16.5. The van der Waals surface area contributed by atoms with Gasteiger partial charge in [0.1, 0.15) is 6.54 Å². The molecule has 4 aromatic rings. The van der Waals surface area contributed by atoms with E-state index >= 15 is 0 Å². The molecule has 0 aliphatic rings. The highest BCUT2D eigenvalue weighted by Crippen LogP contribution is 2.25. The van der Waals surface area contributed by atoms with Crippen LogP contribution in [0.1, 0.15) is 18.1 Å². The topological polar surface area (TPSA) is 67.2 Å². The molecule has 0 saturated heterocycles. The monoisotopic (exact) mass is 472 g/mol. The van der Waals surface area contributed by atoms with Crippen LogP contribution < -0.4 is 10.2 Å². The highest BCUT2D eigenvalue weighted by Gasteiger charge is 2.19. The highest BCUT2D eigenvalue weighted by molar-refractivity contribution is 7.99. The fraction of sp³-hybridized carbons (Fsp3) is 0.222. The van der Waals surface area contributed by atoms with E-state index in [9.17, 15) is 9.59 Å². The number of hydrogen-bond donors (Lipinski definition) is 1. The summed E-state index contributed by atoms with van der Waals surface area (Å²) in [6, 6.07) is 25.5. The van der Waals surface area contributed by atoms with Crippen molar-refractivity contribution < 1.29 is 9.59 Å². The molecule has 6 nitrogen and oxygen atoms in total. The molecule has 7 heteroatoms. The molecule has 0 unspecified atom stereocenters. The zero-order valence-electron chi connectivity index (χ0n) is 19.4. The third-order valence-electron chi connectivity index (χ3n) is 5.51. The molecule has 0 saturated carbocycles. The van der Waals surface area contributed by atoms with Gasteiger partial charge in [-0.25, -0.2) is 4.98 Å². The summed E-state index contributed by atoms with van der Waals surface area (Å²) in [5.74, 6) is 0.125. The van der Waals surface area contributed by atoms with Crippen LogP contribution in [0.15, 0.2) is 84.0 Å². The molecule has 0 aliphatic heterocycles. The van der Waals surface area contributed by atoms with E-state index in [2.05, 4.69) is 5.32 Å². The number of likely N-dealkylation sites (N-methyl/N-ethyl adjacent to an activating group) is 1. The van der Waals surface area contributed by atoms with Crippen LogP contribution in [0.3, 0.4) is 0 Å². The second-order valence-corrected chi connectivity index (χ2v) is 8.94. The number of imidazole rings is 1. The van der Waals surface area contributed by atoms with Gasteiger partial charge in [0.15, 0.2) is 5.16 Å². The Kier molecular flexibility index (Phi) is 7.65. The number of para-hydroxylation sites is 2. The molecule has 2 amide bonds. The summed E-state index contributed by atoms with van der Waals surface area (Å²) < 4.78 is 1.91. The first-order valence-corrected chi connectivity index (χ1v) is 12.3. The average molecular weight is 473 g/mol. The van der Waals surface area contributed by atoms with E-state index in [1.165, 1.54) is 11.8 Å². The van der Waals surface area contributed by atoms with E-state index in [1.807, 2.05) is 97.3 Å². The number of anilines is 1. The molecular formula is C27H28N4O2S. The van der Waals surface area contributed by atoms with Crippen molar-refractivity contribution in [2.45, 2.75) is 32.1 Å². The van der Waals surface area contributed by atoms with Crippen molar-refractivity contribution in [1.82, 2.24) is 14.9 Å². The van der Waals surface area contributed by atoms with Crippen molar-refractivity contribution in [3.05, 3.63) is 90.0 Å². The Morgan fingerprint density at radius 1 is 1.00 bits per heavy atom. The smallest absolute Gasteiger partial charge is 0.247 e. The third-order valence-corrected chi connectivity index (χ3v) is 6.48. The molecule has 34 heavy (non-hydrogen) atoms. The number of thioether (sulfide) groups is 1. The fourth-order valence-electron chi connectivity index (χ4n) is 3.81. The number of nitrogens with one attached hydrogen (secondary N) is 1. The number of hydrogen-bond acceptors (Lipinski definition) is 4. The molecule has 0 atom stereocenters. The lowest BCUT2D eigenvalue weighted by molar-refractivity contribution is -0.119. The normalized spacial score (nSPS) is 10.9. The van der Waals surface area contributed by atoms with Crippen molar-refractivity contribution in [2.75, 3.05) is 17.2 Å². The second kappa shape index (κ2) is 11.0. The zero-order valence-corrected chi connectivity index (χ0v) is 20.2. The van der Waals surface area contributed by atoms with E-state index in [-0.39, 0.29) is 24.1 Å². The van der Waals surface area contributed by atoms with Gasteiger partial charge in [0, 0.05) is 18.8 Å². The number of carbonyl (C=O) groups excluding carboxylic acids is 2. The minimum absolute atomic E-state index is 0.0216. The third kappa shape index (κ3) is 5.66. The molecule has 4 rings (SSSR count). The number of aryl methyl sites for hydroxylation is 1. The van der Waals surface area contributed by atoms with Crippen molar-refractivity contribution in [3.63, 3.8) is 0 Å². The summed E-state index contributed by atoms with van der Waals surface area (Å²) in [7, 11) is 0. The van der Waals surface area contributed by atoms with Gasteiger partial charge in [-0.1, -0.05) is 66.4 Å². The van der Waals surface area contributed by atoms with Crippen LogP contribution in [-0.2, 0) is 22.7 Å². The Morgan fingerprint density at radius 2 is 1.76 bits per heavy atom. The lowest BCUT2D eigenvalue weighted by atomic mass is 10.2. The highest BCUT2D eigenvalue weighted by atomic mass is 32.2. The molecule has 3 aromatic carbocycles. The Hall–Kier alpha value is -3.58. The van der Waals surface area contributed by atoms with Gasteiger partial charge in [0.05, 0.1) is 16.8 Å². The van der Waals surface area contributed by atoms with Gasteiger partial charge in [-0.15, -0.1) is 0 Å². The van der Waals surface area contributed by atoms with Gasteiger partial charge < -0.3 is 14.8 Å². The molecule has 1 N–H and O–H groups in total. The first-order valence-electron chi connectivity index (χ1n) is 11.3.